The van der Waals surface area contributed by atoms with Crippen LogP contribution in [0.25, 0.3) is 11.3 Å². The first-order chi connectivity index (χ1) is 9.83. The molecule has 0 bridgehead atoms. The Hall–Kier alpha value is -2.38. The van der Waals surface area contributed by atoms with Crippen LogP contribution in [0.4, 0.5) is 11.4 Å². The normalized spacial score (nSPS) is 10.5. The number of hydrogen-bond acceptors (Lipinski definition) is 5. The number of hydrogen-bond donors (Lipinski definition) is 2. The van der Waals surface area contributed by atoms with Crippen molar-refractivity contribution in [3.8, 4) is 11.3 Å². The van der Waals surface area contributed by atoms with Crippen molar-refractivity contribution < 1.29 is 0 Å². The number of H-pyrrole nitrogens is 1. The number of azo groups is 1. The SMILES string of the molecule is Brc1cncc(-c2[nH]ncc2N=Nc2ccccc2)c1.N. The number of nitrogens with zero attached hydrogens (tertiary/aromatic N) is 4. The molecule has 0 atom stereocenters. The number of halogens is 1. The van der Waals surface area contributed by atoms with Gasteiger partial charge in [0.15, 0.2) is 0 Å². The molecule has 3 rings (SSSR count). The van der Waals surface area contributed by atoms with Crippen LogP contribution >= 0.6 is 15.9 Å². The molecular formula is C14H13BrN6. The highest BCUT2D eigenvalue weighted by molar-refractivity contribution is 9.10. The monoisotopic (exact) mass is 344 g/mol. The van der Waals surface area contributed by atoms with E-state index in [0.29, 0.717) is 5.69 Å². The van der Waals surface area contributed by atoms with E-state index in [1.165, 1.54) is 0 Å². The van der Waals surface area contributed by atoms with E-state index in [2.05, 4.69) is 41.3 Å². The minimum Gasteiger partial charge on any atom is -0.344 e. The third kappa shape index (κ3) is 3.59. The van der Waals surface area contributed by atoms with E-state index in [1.807, 2.05) is 36.4 Å². The topological polar surface area (TPSA) is 101 Å². The van der Waals surface area contributed by atoms with Gasteiger partial charge in [-0.3, -0.25) is 10.1 Å². The van der Waals surface area contributed by atoms with Crippen LogP contribution in [0.3, 0.4) is 0 Å². The number of aromatic nitrogens is 3. The number of nitrogens with one attached hydrogen (secondary N) is 1. The standard InChI is InChI=1S/C14H10BrN5.H3N/c15-11-6-10(7-16-8-11)14-13(9-17-20-14)19-18-12-4-2-1-3-5-12;/h1-9H,(H,17,20);1H3. The molecule has 106 valence electrons. The van der Waals surface area contributed by atoms with E-state index in [0.717, 1.165) is 21.4 Å². The van der Waals surface area contributed by atoms with Gasteiger partial charge in [0, 0.05) is 22.4 Å². The van der Waals surface area contributed by atoms with E-state index in [-0.39, 0.29) is 6.15 Å². The minimum atomic E-state index is 0. The van der Waals surface area contributed by atoms with Gasteiger partial charge in [0.05, 0.1) is 17.6 Å². The first-order valence-corrected chi connectivity index (χ1v) is 6.73. The number of pyridine rings is 1. The Morgan fingerprint density at radius 1 is 1.00 bits per heavy atom. The summed E-state index contributed by atoms with van der Waals surface area (Å²) in [6, 6.07) is 11.5. The second kappa shape index (κ2) is 6.87. The Bertz CT molecular complexity index is 738. The first kappa shape index (κ1) is 15.0. The molecule has 4 N–H and O–H groups in total. The maximum absolute atomic E-state index is 4.23. The Labute approximate surface area is 130 Å². The lowest BCUT2D eigenvalue weighted by Gasteiger charge is -1.99. The van der Waals surface area contributed by atoms with Crippen molar-refractivity contribution in [3.63, 3.8) is 0 Å². The molecule has 0 aliphatic heterocycles. The van der Waals surface area contributed by atoms with Gasteiger partial charge in [-0.25, -0.2) is 0 Å². The predicted molar refractivity (Wildman–Crippen MR) is 85.2 cm³/mol. The van der Waals surface area contributed by atoms with Crippen LogP contribution < -0.4 is 6.15 Å². The van der Waals surface area contributed by atoms with Gasteiger partial charge >= 0.3 is 0 Å². The summed E-state index contributed by atoms with van der Waals surface area (Å²) in [7, 11) is 0. The van der Waals surface area contributed by atoms with Gasteiger partial charge in [-0.15, -0.1) is 5.11 Å². The Morgan fingerprint density at radius 3 is 2.57 bits per heavy atom. The summed E-state index contributed by atoms with van der Waals surface area (Å²) in [5.41, 5.74) is 3.16. The summed E-state index contributed by atoms with van der Waals surface area (Å²) in [5, 5.41) is 15.4. The summed E-state index contributed by atoms with van der Waals surface area (Å²) in [6.45, 7) is 0. The van der Waals surface area contributed by atoms with Crippen LogP contribution in [0, 0.1) is 0 Å². The second-order valence-electron chi connectivity index (χ2n) is 4.06. The van der Waals surface area contributed by atoms with Crippen LogP contribution in [0.2, 0.25) is 0 Å². The Kier molecular flexibility index (Phi) is 4.91. The molecule has 3 aromatic rings. The zero-order valence-electron chi connectivity index (χ0n) is 11.1. The average Bonchev–Trinajstić information content (AvgIpc) is 2.95. The van der Waals surface area contributed by atoms with Crippen molar-refractivity contribution in [1.82, 2.24) is 21.3 Å². The van der Waals surface area contributed by atoms with E-state index < -0.39 is 0 Å². The third-order valence-electron chi connectivity index (χ3n) is 2.64. The molecule has 0 spiro atoms. The Morgan fingerprint density at radius 2 is 1.81 bits per heavy atom. The predicted octanol–water partition coefficient (Wildman–Crippen LogP) is 4.81. The number of aromatic amines is 1. The van der Waals surface area contributed by atoms with Crippen LogP contribution in [0.15, 0.2) is 69.7 Å². The fraction of sp³-hybridized carbons (Fsp3) is 0. The molecule has 6 nitrogen and oxygen atoms in total. The fourth-order valence-corrected chi connectivity index (χ4v) is 2.09. The number of benzene rings is 1. The van der Waals surface area contributed by atoms with E-state index in [9.17, 15) is 0 Å². The quantitative estimate of drug-likeness (QED) is 0.666. The molecule has 0 fully saturated rings. The van der Waals surface area contributed by atoms with Crippen LogP contribution in [-0.4, -0.2) is 15.2 Å². The van der Waals surface area contributed by atoms with Crippen LogP contribution in [0.5, 0.6) is 0 Å². The fourth-order valence-electron chi connectivity index (χ4n) is 1.72. The van der Waals surface area contributed by atoms with Gasteiger partial charge in [0.1, 0.15) is 5.69 Å². The highest BCUT2D eigenvalue weighted by Crippen LogP contribution is 2.29. The van der Waals surface area contributed by atoms with E-state index in [1.54, 1.807) is 18.6 Å². The molecule has 0 aliphatic rings. The average molecular weight is 345 g/mol. The summed E-state index contributed by atoms with van der Waals surface area (Å²) in [4.78, 5) is 4.13. The maximum atomic E-state index is 4.23. The van der Waals surface area contributed by atoms with Gasteiger partial charge in [0.2, 0.25) is 0 Å². The first-order valence-electron chi connectivity index (χ1n) is 5.94. The largest absolute Gasteiger partial charge is 0.344 e. The van der Waals surface area contributed by atoms with Crippen molar-refractivity contribution in [2.24, 2.45) is 10.2 Å². The number of rotatable bonds is 3. The Balaban J connectivity index is 0.00000161. The molecule has 7 heteroatoms. The third-order valence-corrected chi connectivity index (χ3v) is 3.08. The van der Waals surface area contributed by atoms with Gasteiger partial charge in [0.25, 0.3) is 0 Å². The molecule has 0 radical (unpaired) electrons. The zero-order valence-corrected chi connectivity index (χ0v) is 12.7. The van der Waals surface area contributed by atoms with Crippen molar-refractivity contribution >= 4 is 27.3 Å². The van der Waals surface area contributed by atoms with Gasteiger partial charge in [-0.2, -0.15) is 10.2 Å². The van der Waals surface area contributed by atoms with Crippen molar-refractivity contribution in [2.45, 2.75) is 0 Å². The van der Waals surface area contributed by atoms with Gasteiger partial charge in [-0.05, 0) is 34.1 Å². The van der Waals surface area contributed by atoms with Gasteiger partial charge < -0.3 is 6.15 Å². The molecule has 2 heterocycles. The highest BCUT2D eigenvalue weighted by atomic mass is 79.9. The van der Waals surface area contributed by atoms with Gasteiger partial charge in [-0.1, -0.05) is 18.2 Å². The summed E-state index contributed by atoms with van der Waals surface area (Å²) in [6.07, 6.45) is 5.12. The summed E-state index contributed by atoms with van der Waals surface area (Å²) >= 11 is 3.40. The molecule has 21 heavy (non-hydrogen) atoms. The van der Waals surface area contributed by atoms with Crippen molar-refractivity contribution in [1.29, 1.82) is 0 Å². The van der Waals surface area contributed by atoms with Crippen LogP contribution in [0.1, 0.15) is 0 Å². The summed E-state index contributed by atoms with van der Waals surface area (Å²) in [5.74, 6) is 0. The van der Waals surface area contributed by atoms with Crippen molar-refractivity contribution in [2.75, 3.05) is 0 Å². The maximum Gasteiger partial charge on any atom is 0.131 e. The molecule has 1 aromatic carbocycles. The zero-order chi connectivity index (χ0) is 13.8. The molecule has 0 saturated carbocycles. The molecule has 0 amide bonds. The smallest absolute Gasteiger partial charge is 0.131 e. The molecule has 0 saturated heterocycles. The minimum absolute atomic E-state index is 0. The molecule has 0 unspecified atom stereocenters. The lowest BCUT2D eigenvalue weighted by atomic mass is 10.2. The van der Waals surface area contributed by atoms with Crippen molar-refractivity contribution in [3.05, 3.63) is 59.5 Å². The molecule has 0 aliphatic carbocycles. The summed E-state index contributed by atoms with van der Waals surface area (Å²) < 4.78 is 0.899. The van der Waals surface area contributed by atoms with Crippen LogP contribution in [-0.2, 0) is 0 Å². The second-order valence-corrected chi connectivity index (χ2v) is 4.97. The lowest BCUT2D eigenvalue weighted by molar-refractivity contribution is 1.09. The molecule has 2 aromatic heterocycles. The lowest BCUT2D eigenvalue weighted by Crippen LogP contribution is -1.81. The van der Waals surface area contributed by atoms with E-state index in [4.69, 9.17) is 0 Å². The highest BCUT2D eigenvalue weighted by Gasteiger charge is 2.08. The van der Waals surface area contributed by atoms with E-state index >= 15 is 0 Å². The molecular weight excluding hydrogens is 332 g/mol.